The van der Waals surface area contributed by atoms with Gasteiger partial charge in [-0.05, 0) is 36.2 Å². The van der Waals surface area contributed by atoms with Crippen LogP contribution in [0.2, 0.25) is 0 Å². The van der Waals surface area contributed by atoms with Crippen LogP contribution in [0.25, 0.3) is 11.1 Å². The van der Waals surface area contributed by atoms with Gasteiger partial charge in [-0.1, -0.05) is 6.07 Å². The molecule has 0 spiro atoms. The van der Waals surface area contributed by atoms with Gasteiger partial charge in [0, 0.05) is 23.6 Å². The van der Waals surface area contributed by atoms with Crippen LogP contribution in [-0.4, -0.2) is 20.2 Å². The summed E-state index contributed by atoms with van der Waals surface area (Å²) in [5, 5.41) is 9.63. The third-order valence-electron chi connectivity index (χ3n) is 3.07. The molecule has 112 valence electrons. The van der Waals surface area contributed by atoms with Gasteiger partial charge in [0.2, 0.25) is 5.95 Å². The quantitative estimate of drug-likeness (QED) is 0.768. The Morgan fingerprint density at radius 1 is 1.18 bits per heavy atom. The molecule has 1 aromatic carbocycles. The lowest BCUT2D eigenvalue weighted by Crippen LogP contribution is -2.00. The van der Waals surface area contributed by atoms with Crippen LogP contribution in [-0.2, 0) is 0 Å². The molecule has 2 N–H and O–H groups in total. The Hall–Kier alpha value is -2.83. The highest BCUT2D eigenvalue weighted by atomic mass is 19.3. The summed E-state index contributed by atoms with van der Waals surface area (Å²) in [5.41, 5.74) is 3.34. The average Bonchev–Trinajstić information content (AvgIpc) is 3.01. The molecule has 0 radical (unpaired) electrons. The van der Waals surface area contributed by atoms with Crippen LogP contribution in [0, 0.1) is 6.92 Å². The largest absolute Gasteiger partial charge is 0.324 e. The number of halogens is 2. The molecule has 0 aliphatic carbocycles. The predicted molar refractivity (Wildman–Crippen MR) is 79.0 cm³/mol. The molecule has 0 unspecified atom stereocenters. The molecular weight excluding hydrogens is 288 g/mol. The number of aryl methyl sites for hydroxylation is 1. The maximum Gasteiger partial charge on any atom is 0.280 e. The van der Waals surface area contributed by atoms with Gasteiger partial charge in [0.25, 0.3) is 6.43 Å². The van der Waals surface area contributed by atoms with Crippen LogP contribution >= 0.6 is 0 Å². The molecule has 3 aromatic rings. The molecule has 0 saturated heterocycles. The molecule has 0 saturated carbocycles. The molecule has 0 atom stereocenters. The Morgan fingerprint density at radius 2 is 2.05 bits per heavy atom. The Balaban J connectivity index is 1.91. The van der Waals surface area contributed by atoms with Crippen molar-refractivity contribution in [1.82, 2.24) is 20.2 Å². The van der Waals surface area contributed by atoms with E-state index in [2.05, 4.69) is 25.5 Å². The van der Waals surface area contributed by atoms with Crippen LogP contribution in [0.4, 0.5) is 20.4 Å². The van der Waals surface area contributed by atoms with Gasteiger partial charge in [0.1, 0.15) is 5.69 Å². The van der Waals surface area contributed by atoms with E-state index in [9.17, 15) is 8.78 Å². The fourth-order valence-corrected chi connectivity index (χ4v) is 2.11. The number of hydrogen-bond acceptors (Lipinski definition) is 4. The fraction of sp³-hybridized carbons (Fsp3) is 0.133. The molecule has 2 heterocycles. The third-order valence-corrected chi connectivity index (χ3v) is 3.07. The highest BCUT2D eigenvalue weighted by Gasteiger charge is 2.10. The summed E-state index contributed by atoms with van der Waals surface area (Å²) >= 11 is 0. The highest BCUT2D eigenvalue weighted by Crippen LogP contribution is 2.25. The fourth-order valence-electron chi connectivity index (χ4n) is 2.11. The lowest BCUT2D eigenvalue weighted by Gasteiger charge is -2.09. The summed E-state index contributed by atoms with van der Waals surface area (Å²) in [7, 11) is 0. The minimum absolute atomic E-state index is 0.140. The van der Waals surface area contributed by atoms with Crippen LogP contribution in [0.5, 0.6) is 0 Å². The van der Waals surface area contributed by atoms with E-state index in [4.69, 9.17) is 0 Å². The van der Waals surface area contributed by atoms with Gasteiger partial charge in [-0.2, -0.15) is 5.10 Å². The molecule has 2 aromatic heterocycles. The first-order chi connectivity index (χ1) is 10.6. The Labute approximate surface area is 125 Å². The minimum atomic E-state index is -2.62. The van der Waals surface area contributed by atoms with E-state index < -0.39 is 6.43 Å². The van der Waals surface area contributed by atoms with Crippen molar-refractivity contribution in [3.63, 3.8) is 0 Å². The summed E-state index contributed by atoms with van der Waals surface area (Å²) < 4.78 is 25.3. The van der Waals surface area contributed by atoms with Gasteiger partial charge in [-0.3, -0.25) is 5.10 Å². The number of rotatable bonds is 4. The third kappa shape index (κ3) is 3.08. The highest BCUT2D eigenvalue weighted by molar-refractivity contribution is 5.69. The van der Waals surface area contributed by atoms with E-state index >= 15 is 0 Å². The zero-order valence-corrected chi connectivity index (χ0v) is 11.7. The number of anilines is 2. The molecule has 0 amide bonds. The first-order valence-electron chi connectivity index (χ1n) is 6.61. The number of hydrogen-bond donors (Lipinski definition) is 2. The Bertz CT molecular complexity index is 771. The number of H-pyrrole nitrogens is 1. The molecule has 5 nitrogen and oxygen atoms in total. The normalized spacial score (nSPS) is 10.9. The number of nitrogens with zero attached hydrogens (tertiary/aromatic N) is 3. The van der Waals surface area contributed by atoms with Crippen LogP contribution in [0.1, 0.15) is 17.7 Å². The molecule has 0 bridgehead atoms. The van der Waals surface area contributed by atoms with Gasteiger partial charge in [0.15, 0.2) is 0 Å². The first kappa shape index (κ1) is 14.1. The topological polar surface area (TPSA) is 66.5 Å². The second kappa shape index (κ2) is 5.88. The zero-order chi connectivity index (χ0) is 15.5. The van der Waals surface area contributed by atoms with Crippen LogP contribution in [0.15, 0.2) is 42.9 Å². The maximum absolute atomic E-state index is 12.7. The zero-order valence-electron chi connectivity index (χ0n) is 11.7. The second-order valence-corrected chi connectivity index (χ2v) is 4.81. The van der Waals surface area contributed by atoms with E-state index in [1.54, 1.807) is 12.4 Å². The number of alkyl halides is 2. The average molecular weight is 301 g/mol. The molecule has 3 rings (SSSR count). The summed E-state index contributed by atoms with van der Waals surface area (Å²) in [4.78, 5) is 7.76. The first-order valence-corrected chi connectivity index (χ1v) is 6.61. The van der Waals surface area contributed by atoms with Crippen molar-refractivity contribution in [3.05, 3.63) is 54.1 Å². The van der Waals surface area contributed by atoms with Crippen LogP contribution in [0.3, 0.4) is 0 Å². The summed E-state index contributed by atoms with van der Waals surface area (Å²) in [6.45, 7) is 1.95. The van der Waals surface area contributed by atoms with Gasteiger partial charge in [-0.15, -0.1) is 0 Å². The van der Waals surface area contributed by atoms with Crippen molar-refractivity contribution in [3.8, 4) is 11.1 Å². The molecule has 0 aliphatic heterocycles. The van der Waals surface area contributed by atoms with E-state index in [-0.39, 0.29) is 11.6 Å². The molecule has 7 heteroatoms. The predicted octanol–water partition coefficient (Wildman–Crippen LogP) is 3.86. The van der Waals surface area contributed by atoms with E-state index in [0.717, 1.165) is 22.4 Å². The van der Waals surface area contributed by atoms with Crippen molar-refractivity contribution in [2.45, 2.75) is 13.3 Å². The van der Waals surface area contributed by atoms with E-state index in [1.807, 2.05) is 25.1 Å². The maximum atomic E-state index is 12.7. The van der Waals surface area contributed by atoms with E-state index in [1.165, 1.54) is 12.3 Å². The van der Waals surface area contributed by atoms with E-state index in [0.29, 0.717) is 0 Å². The molecule has 22 heavy (non-hydrogen) atoms. The molecular formula is C15H13F2N5. The number of benzene rings is 1. The lowest BCUT2D eigenvalue weighted by molar-refractivity contribution is 0.146. The standard InChI is InChI=1S/C15H13F2N5/c1-9-4-10(11-7-19-20-8-11)6-12(5-9)21-15-18-3-2-13(22-15)14(16)17/h2-8,14H,1H3,(H,19,20)(H,18,21,22). The van der Waals surface area contributed by atoms with Gasteiger partial charge < -0.3 is 5.32 Å². The Kier molecular flexibility index (Phi) is 3.78. The number of nitrogens with one attached hydrogen (secondary N) is 2. The molecule has 0 aliphatic rings. The summed E-state index contributed by atoms with van der Waals surface area (Å²) in [6, 6.07) is 6.98. The minimum Gasteiger partial charge on any atom is -0.324 e. The van der Waals surface area contributed by atoms with Crippen LogP contribution < -0.4 is 5.32 Å². The number of aromatic amines is 1. The summed E-state index contributed by atoms with van der Waals surface area (Å²) in [5.74, 6) is 0.140. The monoisotopic (exact) mass is 301 g/mol. The SMILES string of the molecule is Cc1cc(Nc2nccc(C(F)F)n2)cc(-c2cn[nH]c2)c1. The van der Waals surface area contributed by atoms with Crippen molar-refractivity contribution < 1.29 is 8.78 Å². The van der Waals surface area contributed by atoms with Crippen molar-refractivity contribution in [2.75, 3.05) is 5.32 Å². The van der Waals surface area contributed by atoms with Crippen molar-refractivity contribution in [1.29, 1.82) is 0 Å². The lowest BCUT2D eigenvalue weighted by atomic mass is 10.1. The van der Waals surface area contributed by atoms with Gasteiger partial charge in [-0.25, -0.2) is 18.7 Å². The second-order valence-electron chi connectivity index (χ2n) is 4.81. The van der Waals surface area contributed by atoms with Crippen molar-refractivity contribution in [2.24, 2.45) is 0 Å². The smallest absolute Gasteiger partial charge is 0.280 e. The van der Waals surface area contributed by atoms with Gasteiger partial charge in [0.05, 0.1) is 6.20 Å². The number of aromatic nitrogens is 4. The van der Waals surface area contributed by atoms with Crippen molar-refractivity contribution >= 4 is 11.6 Å². The molecule has 0 fully saturated rings. The Morgan fingerprint density at radius 3 is 2.77 bits per heavy atom. The van der Waals surface area contributed by atoms with Gasteiger partial charge >= 0.3 is 0 Å². The summed E-state index contributed by atoms with van der Waals surface area (Å²) in [6.07, 6.45) is 2.19.